The standard InChI is InChI=1S/C21H30N4O/c1-15(2)19-18(21(26)24-13-11-23(5)12-14-24)20(16(3)4)25(22-19)17-9-7-6-8-10-17/h6-10,15-16H,11-14H2,1-5H3. The molecule has 1 saturated heterocycles. The lowest BCUT2D eigenvalue weighted by Crippen LogP contribution is -2.47. The van der Waals surface area contributed by atoms with Crippen molar-refractivity contribution < 1.29 is 4.79 Å². The first-order valence-electron chi connectivity index (χ1n) is 9.56. The molecule has 1 aromatic heterocycles. The number of piperazine rings is 1. The molecule has 1 aliphatic rings. The van der Waals surface area contributed by atoms with Gasteiger partial charge in [0, 0.05) is 26.2 Å². The summed E-state index contributed by atoms with van der Waals surface area (Å²) in [6, 6.07) is 10.1. The van der Waals surface area contributed by atoms with Gasteiger partial charge in [0.2, 0.25) is 0 Å². The van der Waals surface area contributed by atoms with E-state index in [1.807, 2.05) is 39.9 Å². The predicted octanol–water partition coefficient (Wildman–Crippen LogP) is 3.51. The second kappa shape index (κ2) is 7.62. The number of para-hydroxylation sites is 1. The molecule has 0 N–H and O–H groups in total. The Labute approximate surface area is 156 Å². The summed E-state index contributed by atoms with van der Waals surface area (Å²) in [5.74, 6) is 0.540. The number of benzene rings is 1. The highest BCUT2D eigenvalue weighted by Gasteiger charge is 2.31. The molecule has 3 rings (SSSR count). The minimum Gasteiger partial charge on any atom is -0.336 e. The van der Waals surface area contributed by atoms with Crippen molar-refractivity contribution in [1.29, 1.82) is 0 Å². The second-order valence-electron chi connectivity index (χ2n) is 7.80. The Morgan fingerprint density at radius 1 is 0.962 bits per heavy atom. The summed E-state index contributed by atoms with van der Waals surface area (Å²) >= 11 is 0. The Hall–Kier alpha value is -2.14. The molecule has 5 heteroatoms. The van der Waals surface area contributed by atoms with Crippen molar-refractivity contribution in [3.63, 3.8) is 0 Å². The molecule has 1 aromatic carbocycles. The average molecular weight is 354 g/mol. The van der Waals surface area contributed by atoms with Crippen molar-refractivity contribution in [2.75, 3.05) is 33.2 Å². The number of nitrogens with zero attached hydrogens (tertiary/aromatic N) is 4. The molecule has 140 valence electrons. The van der Waals surface area contributed by atoms with Crippen LogP contribution in [0, 0.1) is 0 Å². The molecule has 0 atom stereocenters. The maximum absolute atomic E-state index is 13.5. The Morgan fingerprint density at radius 2 is 1.58 bits per heavy atom. The van der Waals surface area contributed by atoms with E-state index in [-0.39, 0.29) is 17.7 Å². The summed E-state index contributed by atoms with van der Waals surface area (Å²) in [7, 11) is 2.11. The molecule has 1 fully saturated rings. The molecular weight excluding hydrogens is 324 g/mol. The Kier molecular flexibility index (Phi) is 5.47. The van der Waals surface area contributed by atoms with Gasteiger partial charge in [-0.15, -0.1) is 0 Å². The lowest BCUT2D eigenvalue weighted by atomic mass is 9.97. The third-order valence-electron chi connectivity index (χ3n) is 5.05. The molecule has 5 nitrogen and oxygen atoms in total. The SMILES string of the molecule is CC(C)c1nn(-c2ccccc2)c(C(C)C)c1C(=O)N1CCN(C)CC1. The van der Waals surface area contributed by atoms with Crippen molar-refractivity contribution in [2.24, 2.45) is 0 Å². The summed E-state index contributed by atoms with van der Waals surface area (Å²) in [6.07, 6.45) is 0. The van der Waals surface area contributed by atoms with Gasteiger partial charge in [0.15, 0.2) is 0 Å². The summed E-state index contributed by atoms with van der Waals surface area (Å²) in [5, 5.41) is 4.89. The Bertz CT molecular complexity index is 756. The van der Waals surface area contributed by atoms with Crippen LogP contribution in [0.5, 0.6) is 0 Å². The predicted molar refractivity (Wildman–Crippen MR) is 105 cm³/mol. The monoisotopic (exact) mass is 354 g/mol. The zero-order valence-corrected chi connectivity index (χ0v) is 16.6. The summed E-state index contributed by atoms with van der Waals surface area (Å²) in [5.41, 5.74) is 3.74. The maximum atomic E-state index is 13.5. The fraction of sp³-hybridized carbons (Fsp3) is 0.524. The van der Waals surface area contributed by atoms with E-state index in [1.54, 1.807) is 0 Å². The molecule has 0 radical (unpaired) electrons. The average Bonchev–Trinajstić information content (AvgIpc) is 3.03. The number of likely N-dealkylation sites (N-methyl/N-ethyl adjacent to an activating group) is 1. The number of rotatable bonds is 4. The van der Waals surface area contributed by atoms with Crippen LogP contribution < -0.4 is 0 Å². The van der Waals surface area contributed by atoms with Gasteiger partial charge >= 0.3 is 0 Å². The first-order chi connectivity index (χ1) is 12.4. The van der Waals surface area contributed by atoms with Crippen LogP contribution in [0.4, 0.5) is 0 Å². The molecular formula is C21H30N4O. The van der Waals surface area contributed by atoms with E-state index in [0.717, 1.165) is 48.8 Å². The van der Waals surface area contributed by atoms with E-state index in [1.165, 1.54) is 0 Å². The zero-order valence-electron chi connectivity index (χ0n) is 16.6. The smallest absolute Gasteiger partial charge is 0.257 e. The molecule has 0 saturated carbocycles. The van der Waals surface area contributed by atoms with Gasteiger partial charge < -0.3 is 9.80 Å². The van der Waals surface area contributed by atoms with Crippen molar-refractivity contribution in [1.82, 2.24) is 19.6 Å². The van der Waals surface area contributed by atoms with Crippen LogP contribution in [-0.2, 0) is 0 Å². The third kappa shape index (κ3) is 3.54. The molecule has 1 amide bonds. The van der Waals surface area contributed by atoms with Gasteiger partial charge in [0.1, 0.15) is 0 Å². The van der Waals surface area contributed by atoms with E-state index >= 15 is 0 Å². The van der Waals surface area contributed by atoms with Crippen molar-refractivity contribution >= 4 is 5.91 Å². The van der Waals surface area contributed by atoms with Crippen LogP contribution in [0.1, 0.15) is 61.3 Å². The summed E-state index contributed by atoms with van der Waals surface area (Å²) in [6.45, 7) is 11.9. The van der Waals surface area contributed by atoms with Gasteiger partial charge in [-0.25, -0.2) is 4.68 Å². The van der Waals surface area contributed by atoms with Crippen LogP contribution in [0.15, 0.2) is 30.3 Å². The minimum atomic E-state index is 0.132. The summed E-state index contributed by atoms with van der Waals surface area (Å²) in [4.78, 5) is 17.7. The van der Waals surface area contributed by atoms with Crippen LogP contribution in [-0.4, -0.2) is 58.7 Å². The molecule has 0 aliphatic carbocycles. The largest absolute Gasteiger partial charge is 0.336 e. The molecule has 0 bridgehead atoms. The topological polar surface area (TPSA) is 41.4 Å². The Morgan fingerprint density at radius 3 is 2.12 bits per heavy atom. The molecule has 2 aromatic rings. The number of hydrogen-bond acceptors (Lipinski definition) is 3. The molecule has 0 unspecified atom stereocenters. The van der Waals surface area contributed by atoms with Gasteiger partial charge in [-0.1, -0.05) is 45.9 Å². The highest BCUT2D eigenvalue weighted by atomic mass is 16.2. The van der Waals surface area contributed by atoms with E-state index in [2.05, 4.69) is 39.6 Å². The van der Waals surface area contributed by atoms with Gasteiger partial charge in [0.25, 0.3) is 5.91 Å². The van der Waals surface area contributed by atoms with Gasteiger partial charge in [-0.3, -0.25) is 4.79 Å². The number of carbonyl (C=O) groups excluding carboxylic acids is 1. The van der Waals surface area contributed by atoms with Gasteiger partial charge in [-0.05, 0) is 31.0 Å². The van der Waals surface area contributed by atoms with Crippen LogP contribution in [0.3, 0.4) is 0 Å². The second-order valence-corrected chi connectivity index (χ2v) is 7.80. The van der Waals surface area contributed by atoms with Crippen molar-refractivity contribution in [3.8, 4) is 5.69 Å². The molecule has 1 aliphatic heterocycles. The first kappa shape index (κ1) is 18.6. The lowest BCUT2D eigenvalue weighted by Gasteiger charge is -2.33. The van der Waals surface area contributed by atoms with E-state index in [4.69, 9.17) is 5.10 Å². The van der Waals surface area contributed by atoms with Crippen LogP contribution in [0.2, 0.25) is 0 Å². The molecule has 2 heterocycles. The van der Waals surface area contributed by atoms with E-state index < -0.39 is 0 Å². The number of aromatic nitrogens is 2. The Balaban J connectivity index is 2.10. The molecule has 0 spiro atoms. The first-order valence-corrected chi connectivity index (χ1v) is 9.56. The molecule has 26 heavy (non-hydrogen) atoms. The normalized spacial score (nSPS) is 15.9. The third-order valence-corrected chi connectivity index (χ3v) is 5.05. The lowest BCUT2D eigenvalue weighted by molar-refractivity contribution is 0.0661. The van der Waals surface area contributed by atoms with E-state index in [0.29, 0.717) is 0 Å². The maximum Gasteiger partial charge on any atom is 0.257 e. The zero-order chi connectivity index (χ0) is 18.8. The fourth-order valence-corrected chi connectivity index (χ4v) is 3.54. The van der Waals surface area contributed by atoms with Crippen molar-refractivity contribution in [3.05, 3.63) is 47.3 Å². The van der Waals surface area contributed by atoms with Gasteiger partial charge in [0.05, 0.1) is 22.6 Å². The summed E-state index contributed by atoms with van der Waals surface area (Å²) < 4.78 is 1.98. The highest BCUT2D eigenvalue weighted by molar-refractivity contribution is 5.97. The van der Waals surface area contributed by atoms with Crippen LogP contribution >= 0.6 is 0 Å². The number of hydrogen-bond donors (Lipinski definition) is 0. The highest BCUT2D eigenvalue weighted by Crippen LogP contribution is 2.31. The van der Waals surface area contributed by atoms with Gasteiger partial charge in [-0.2, -0.15) is 5.10 Å². The fourth-order valence-electron chi connectivity index (χ4n) is 3.54. The van der Waals surface area contributed by atoms with Crippen molar-refractivity contribution in [2.45, 2.75) is 39.5 Å². The number of amides is 1. The number of carbonyl (C=O) groups is 1. The van der Waals surface area contributed by atoms with E-state index in [9.17, 15) is 4.79 Å². The van der Waals surface area contributed by atoms with Crippen LogP contribution in [0.25, 0.3) is 5.69 Å². The quantitative estimate of drug-likeness (QED) is 0.844. The minimum absolute atomic E-state index is 0.132.